The Labute approximate surface area is 143 Å². The maximum Gasteiger partial charge on any atom is 0.279 e. The van der Waals surface area contributed by atoms with Crippen LogP contribution in [0, 0.1) is 0 Å². The summed E-state index contributed by atoms with van der Waals surface area (Å²) in [5.74, 6) is 0.487. The summed E-state index contributed by atoms with van der Waals surface area (Å²) < 4.78 is 5.97. The molecule has 1 amide bonds. The Balaban J connectivity index is 1.93. The summed E-state index contributed by atoms with van der Waals surface area (Å²) in [4.78, 5) is 14.4. The molecule has 0 saturated carbocycles. The second kappa shape index (κ2) is 7.83. The van der Waals surface area contributed by atoms with Crippen LogP contribution in [0.1, 0.15) is 4.88 Å². The van der Waals surface area contributed by atoms with Gasteiger partial charge < -0.3 is 15.0 Å². The molecule has 0 radical (unpaired) electrons. The zero-order valence-electron chi connectivity index (χ0n) is 12.3. The first-order valence-electron chi connectivity index (χ1n) is 6.67. The number of benzene rings is 1. The van der Waals surface area contributed by atoms with Gasteiger partial charge >= 0.3 is 0 Å². The summed E-state index contributed by atoms with van der Waals surface area (Å²) in [7, 11) is 3.51. The second-order valence-corrected chi connectivity index (χ2v) is 7.15. The Bertz CT molecular complexity index is 661. The first-order valence-corrected chi connectivity index (χ1v) is 8.24. The maximum absolute atomic E-state index is 12.1. The lowest BCUT2D eigenvalue weighted by Crippen LogP contribution is -3.08. The van der Waals surface area contributed by atoms with Crippen molar-refractivity contribution >= 4 is 46.1 Å². The van der Waals surface area contributed by atoms with E-state index in [1.165, 1.54) is 11.3 Å². The van der Waals surface area contributed by atoms with Crippen molar-refractivity contribution in [3.63, 3.8) is 0 Å². The standard InChI is InChI=1S/C15H16Cl2N2O2S/c1-19(8-11-4-6-14(17)22-11)9-15(20)18-12-7-10(16)3-5-13(12)21-2/h3-7H,8-9H2,1-2H3,(H,18,20)/p+1. The number of quaternary nitrogens is 1. The molecule has 0 fully saturated rings. The summed E-state index contributed by atoms with van der Waals surface area (Å²) in [5.41, 5.74) is 0.576. The van der Waals surface area contributed by atoms with Crippen LogP contribution in [0.3, 0.4) is 0 Å². The van der Waals surface area contributed by atoms with Crippen LogP contribution in [-0.4, -0.2) is 26.6 Å². The normalized spacial score (nSPS) is 12.0. The molecule has 1 aromatic heterocycles. The van der Waals surface area contributed by atoms with Crippen molar-refractivity contribution < 1.29 is 14.4 Å². The summed E-state index contributed by atoms with van der Waals surface area (Å²) in [6, 6.07) is 8.96. The first-order chi connectivity index (χ1) is 10.5. The summed E-state index contributed by atoms with van der Waals surface area (Å²) >= 11 is 13.4. The van der Waals surface area contributed by atoms with Gasteiger partial charge in [0.25, 0.3) is 5.91 Å². The molecule has 0 saturated heterocycles. The van der Waals surface area contributed by atoms with Gasteiger partial charge in [-0.05, 0) is 30.3 Å². The molecule has 0 aliphatic carbocycles. The smallest absolute Gasteiger partial charge is 0.279 e. The predicted molar refractivity (Wildman–Crippen MR) is 91.4 cm³/mol. The minimum Gasteiger partial charge on any atom is -0.495 e. The molecule has 1 heterocycles. The fourth-order valence-corrected chi connectivity index (χ4v) is 3.43. The third-order valence-electron chi connectivity index (χ3n) is 3.00. The number of nitrogens with one attached hydrogen (secondary N) is 2. The van der Waals surface area contributed by atoms with Crippen LogP contribution >= 0.6 is 34.5 Å². The van der Waals surface area contributed by atoms with Crippen molar-refractivity contribution in [3.05, 3.63) is 44.6 Å². The molecule has 1 unspecified atom stereocenters. The molecule has 0 bridgehead atoms. The van der Waals surface area contributed by atoms with E-state index in [-0.39, 0.29) is 5.91 Å². The van der Waals surface area contributed by atoms with Crippen LogP contribution < -0.4 is 15.0 Å². The minimum absolute atomic E-state index is 0.0966. The van der Waals surface area contributed by atoms with Crippen molar-refractivity contribution in [2.24, 2.45) is 0 Å². The zero-order chi connectivity index (χ0) is 16.1. The van der Waals surface area contributed by atoms with E-state index in [4.69, 9.17) is 27.9 Å². The van der Waals surface area contributed by atoms with Gasteiger partial charge in [0.2, 0.25) is 0 Å². The lowest BCUT2D eigenvalue weighted by Gasteiger charge is -2.14. The highest BCUT2D eigenvalue weighted by Gasteiger charge is 2.14. The van der Waals surface area contributed by atoms with Crippen molar-refractivity contribution in [1.29, 1.82) is 0 Å². The molecule has 4 nitrogen and oxygen atoms in total. The highest BCUT2D eigenvalue weighted by Crippen LogP contribution is 2.27. The van der Waals surface area contributed by atoms with E-state index >= 15 is 0 Å². The van der Waals surface area contributed by atoms with Crippen molar-refractivity contribution in [3.8, 4) is 5.75 Å². The second-order valence-electron chi connectivity index (χ2n) is 4.91. The first kappa shape index (κ1) is 17.1. The average Bonchev–Trinajstić information content (AvgIpc) is 2.83. The van der Waals surface area contributed by atoms with E-state index in [1.807, 2.05) is 19.2 Å². The van der Waals surface area contributed by atoms with E-state index in [0.29, 0.717) is 23.0 Å². The SMILES string of the molecule is COc1ccc(Cl)cc1NC(=O)C[NH+](C)Cc1ccc(Cl)s1. The Morgan fingerprint density at radius 2 is 2.09 bits per heavy atom. The molecular weight excluding hydrogens is 343 g/mol. The molecule has 118 valence electrons. The Morgan fingerprint density at radius 3 is 2.73 bits per heavy atom. The molecule has 0 aliphatic heterocycles. The molecule has 0 aliphatic rings. The van der Waals surface area contributed by atoms with Crippen LogP contribution in [0.4, 0.5) is 5.69 Å². The largest absolute Gasteiger partial charge is 0.495 e. The van der Waals surface area contributed by atoms with Crippen LogP contribution in [0.15, 0.2) is 30.3 Å². The van der Waals surface area contributed by atoms with Gasteiger partial charge in [-0.3, -0.25) is 4.79 Å². The number of rotatable bonds is 6. The number of amides is 1. The van der Waals surface area contributed by atoms with Crippen LogP contribution in [0.2, 0.25) is 9.36 Å². The molecule has 22 heavy (non-hydrogen) atoms. The third kappa shape index (κ3) is 4.88. The molecular formula is C15H17Cl2N2O2S+. The Kier molecular flexibility index (Phi) is 6.08. The number of carbonyl (C=O) groups is 1. The van der Waals surface area contributed by atoms with Gasteiger partial charge in [0.1, 0.15) is 12.3 Å². The third-order valence-corrected chi connectivity index (χ3v) is 4.47. The number of anilines is 1. The number of hydrogen-bond donors (Lipinski definition) is 2. The number of thiophene rings is 1. The Morgan fingerprint density at radius 1 is 1.32 bits per heavy atom. The van der Waals surface area contributed by atoms with Gasteiger partial charge in [0, 0.05) is 5.02 Å². The molecule has 0 spiro atoms. The highest BCUT2D eigenvalue weighted by molar-refractivity contribution is 7.16. The van der Waals surface area contributed by atoms with Crippen molar-refractivity contribution in [2.75, 3.05) is 26.0 Å². The molecule has 1 atom stereocenters. The minimum atomic E-state index is -0.0966. The summed E-state index contributed by atoms with van der Waals surface area (Å²) in [5, 5.41) is 3.38. The van der Waals surface area contributed by atoms with Crippen LogP contribution in [0.25, 0.3) is 0 Å². The Hall–Kier alpha value is -1.27. The van der Waals surface area contributed by atoms with Gasteiger partial charge in [0.05, 0.1) is 29.1 Å². The maximum atomic E-state index is 12.1. The number of halogens is 2. The van der Waals surface area contributed by atoms with Crippen molar-refractivity contribution in [1.82, 2.24) is 0 Å². The van der Waals surface area contributed by atoms with E-state index in [2.05, 4.69) is 5.32 Å². The fraction of sp³-hybridized carbons (Fsp3) is 0.267. The van der Waals surface area contributed by atoms with Gasteiger partial charge in [0.15, 0.2) is 6.54 Å². The fourth-order valence-electron chi connectivity index (χ4n) is 2.05. The number of methoxy groups -OCH3 is 1. The van der Waals surface area contributed by atoms with Gasteiger partial charge in [-0.15, -0.1) is 11.3 Å². The molecule has 2 rings (SSSR count). The van der Waals surface area contributed by atoms with Crippen LogP contribution in [-0.2, 0) is 11.3 Å². The lowest BCUT2D eigenvalue weighted by atomic mass is 10.3. The lowest BCUT2D eigenvalue weighted by molar-refractivity contribution is -0.884. The monoisotopic (exact) mass is 359 g/mol. The van der Waals surface area contributed by atoms with E-state index in [1.54, 1.807) is 25.3 Å². The predicted octanol–water partition coefficient (Wildman–Crippen LogP) is 2.72. The summed E-state index contributed by atoms with van der Waals surface area (Å²) in [6.45, 7) is 1.09. The highest BCUT2D eigenvalue weighted by atomic mass is 35.5. The number of hydrogen-bond acceptors (Lipinski definition) is 3. The topological polar surface area (TPSA) is 42.8 Å². The number of likely N-dealkylation sites (N-methyl/N-ethyl adjacent to an activating group) is 1. The molecule has 2 aromatic rings. The number of ether oxygens (including phenoxy) is 1. The van der Waals surface area contributed by atoms with Crippen LogP contribution in [0.5, 0.6) is 5.75 Å². The zero-order valence-corrected chi connectivity index (χ0v) is 14.6. The van der Waals surface area contributed by atoms with Gasteiger partial charge in [-0.1, -0.05) is 23.2 Å². The van der Waals surface area contributed by atoms with E-state index in [0.717, 1.165) is 20.7 Å². The van der Waals surface area contributed by atoms with Crippen molar-refractivity contribution in [2.45, 2.75) is 6.54 Å². The molecule has 7 heteroatoms. The van der Waals surface area contributed by atoms with Gasteiger partial charge in [-0.2, -0.15) is 0 Å². The molecule has 2 N–H and O–H groups in total. The van der Waals surface area contributed by atoms with Gasteiger partial charge in [-0.25, -0.2) is 0 Å². The average molecular weight is 360 g/mol. The van der Waals surface area contributed by atoms with E-state index < -0.39 is 0 Å². The molecule has 1 aromatic carbocycles. The van der Waals surface area contributed by atoms with E-state index in [9.17, 15) is 4.79 Å². The summed E-state index contributed by atoms with van der Waals surface area (Å²) in [6.07, 6.45) is 0. The quantitative estimate of drug-likeness (QED) is 0.832. The number of carbonyl (C=O) groups excluding carboxylic acids is 1.